The zero-order valence-electron chi connectivity index (χ0n) is 9.40. The molecule has 2 nitrogen and oxygen atoms in total. The van der Waals surface area contributed by atoms with Crippen molar-refractivity contribution in [3.63, 3.8) is 0 Å². The first-order valence-electron chi connectivity index (χ1n) is 5.21. The maximum atomic E-state index is 13.6. The lowest BCUT2D eigenvalue weighted by Gasteiger charge is -2.20. The molecule has 2 aromatic rings. The Morgan fingerprint density at radius 3 is 2.76 bits per heavy atom. The van der Waals surface area contributed by atoms with E-state index < -0.39 is 0 Å². The summed E-state index contributed by atoms with van der Waals surface area (Å²) in [7, 11) is 1.81. The van der Waals surface area contributed by atoms with E-state index in [-0.39, 0.29) is 5.82 Å². The van der Waals surface area contributed by atoms with E-state index in [4.69, 9.17) is 11.6 Å². The highest BCUT2D eigenvalue weighted by atomic mass is 35.5. The van der Waals surface area contributed by atoms with Gasteiger partial charge in [-0.1, -0.05) is 12.1 Å². The summed E-state index contributed by atoms with van der Waals surface area (Å²) in [5.74, 6) is 0.0955. The van der Waals surface area contributed by atoms with Gasteiger partial charge in [0.2, 0.25) is 0 Å². The first-order chi connectivity index (χ1) is 8.22. The molecule has 0 unspecified atom stereocenters. The van der Waals surface area contributed by atoms with Crippen molar-refractivity contribution >= 4 is 23.0 Å². The number of hydrogen-bond donors (Lipinski definition) is 0. The quantitative estimate of drug-likeness (QED) is 0.772. The van der Waals surface area contributed by atoms with Crippen LogP contribution in [0.15, 0.2) is 42.6 Å². The monoisotopic (exact) mass is 250 g/mol. The van der Waals surface area contributed by atoms with Gasteiger partial charge >= 0.3 is 0 Å². The number of aromatic nitrogens is 1. The van der Waals surface area contributed by atoms with Crippen LogP contribution in [0.2, 0.25) is 0 Å². The van der Waals surface area contributed by atoms with Gasteiger partial charge in [0.05, 0.1) is 17.3 Å². The summed E-state index contributed by atoms with van der Waals surface area (Å²) in [5, 5.41) is 0. The number of nitrogens with zero attached hydrogens (tertiary/aromatic N) is 2. The van der Waals surface area contributed by atoms with Crippen molar-refractivity contribution in [3.8, 4) is 0 Å². The first-order valence-corrected chi connectivity index (χ1v) is 5.75. The predicted octanol–water partition coefficient (Wildman–Crippen LogP) is 3.73. The van der Waals surface area contributed by atoms with Crippen LogP contribution in [0, 0.1) is 5.82 Å². The van der Waals surface area contributed by atoms with Gasteiger partial charge in [0, 0.05) is 18.9 Å². The van der Waals surface area contributed by atoms with Crippen molar-refractivity contribution in [1.82, 2.24) is 4.98 Å². The first kappa shape index (κ1) is 11.9. The van der Waals surface area contributed by atoms with Crippen LogP contribution in [0.4, 0.5) is 15.8 Å². The van der Waals surface area contributed by atoms with Gasteiger partial charge < -0.3 is 4.90 Å². The minimum atomic E-state index is -0.251. The third-order valence-electron chi connectivity index (χ3n) is 2.54. The fourth-order valence-corrected chi connectivity index (χ4v) is 1.76. The van der Waals surface area contributed by atoms with Crippen molar-refractivity contribution in [3.05, 3.63) is 54.1 Å². The molecule has 0 saturated heterocycles. The number of para-hydroxylation sites is 1. The van der Waals surface area contributed by atoms with Crippen LogP contribution in [0.1, 0.15) is 5.69 Å². The highest BCUT2D eigenvalue weighted by Gasteiger charge is 2.09. The van der Waals surface area contributed by atoms with Crippen LogP contribution in [0.25, 0.3) is 0 Å². The normalized spacial score (nSPS) is 10.3. The van der Waals surface area contributed by atoms with E-state index in [1.54, 1.807) is 29.3 Å². The maximum absolute atomic E-state index is 13.6. The molecule has 0 aliphatic heterocycles. The van der Waals surface area contributed by atoms with Crippen molar-refractivity contribution in [2.24, 2.45) is 0 Å². The number of benzene rings is 1. The topological polar surface area (TPSA) is 16.1 Å². The number of alkyl halides is 1. The molecule has 0 N–H and O–H groups in total. The van der Waals surface area contributed by atoms with Crippen LogP contribution >= 0.6 is 11.6 Å². The van der Waals surface area contributed by atoms with Gasteiger partial charge in [0.25, 0.3) is 0 Å². The van der Waals surface area contributed by atoms with Crippen molar-refractivity contribution < 1.29 is 4.39 Å². The molecule has 1 heterocycles. The summed E-state index contributed by atoms with van der Waals surface area (Å²) in [6.45, 7) is 0. The number of anilines is 2. The fourth-order valence-electron chi connectivity index (χ4n) is 1.61. The largest absolute Gasteiger partial charge is 0.342 e. The summed E-state index contributed by atoms with van der Waals surface area (Å²) in [4.78, 5) is 5.87. The van der Waals surface area contributed by atoms with Gasteiger partial charge in [0.1, 0.15) is 5.82 Å². The third kappa shape index (κ3) is 2.56. The smallest absolute Gasteiger partial charge is 0.146 e. The minimum Gasteiger partial charge on any atom is -0.342 e. The van der Waals surface area contributed by atoms with E-state index in [2.05, 4.69) is 4.98 Å². The van der Waals surface area contributed by atoms with Crippen LogP contribution in [0.5, 0.6) is 0 Å². The van der Waals surface area contributed by atoms with E-state index in [9.17, 15) is 4.39 Å². The summed E-state index contributed by atoms with van der Waals surface area (Å²) in [6.07, 6.45) is 1.67. The Kier molecular flexibility index (Phi) is 3.59. The van der Waals surface area contributed by atoms with E-state index in [1.807, 2.05) is 19.2 Å². The summed E-state index contributed by atoms with van der Waals surface area (Å²) < 4.78 is 13.6. The molecule has 0 amide bonds. The van der Waals surface area contributed by atoms with Crippen LogP contribution in [0.3, 0.4) is 0 Å². The van der Waals surface area contributed by atoms with Crippen LogP contribution < -0.4 is 4.90 Å². The molecule has 88 valence electrons. The minimum absolute atomic E-state index is 0.251. The van der Waals surface area contributed by atoms with Crippen molar-refractivity contribution in [1.29, 1.82) is 0 Å². The van der Waals surface area contributed by atoms with E-state index in [0.717, 1.165) is 11.4 Å². The van der Waals surface area contributed by atoms with Gasteiger partial charge in [-0.3, -0.25) is 4.98 Å². The molecule has 0 aliphatic carbocycles. The second-order valence-electron chi connectivity index (χ2n) is 3.65. The summed E-state index contributed by atoms with van der Waals surface area (Å²) in [5.41, 5.74) is 2.16. The molecule has 2 rings (SSSR count). The molecule has 0 radical (unpaired) electrons. The Bertz CT molecular complexity index is 516. The lowest BCUT2D eigenvalue weighted by Crippen LogP contribution is -2.11. The number of rotatable bonds is 3. The van der Waals surface area contributed by atoms with Gasteiger partial charge in [-0.25, -0.2) is 4.39 Å². The van der Waals surface area contributed by atoms with Crippen molar-refractivity contribution in [2.75, 3.05) is 11.9 Å². The second-order valence-corrected chi connectivity index (χ2v) is 3.92. The Balaban J connectivity index is 2.37. The lowest BCUT2D eigenvalue weighted by atomic mass is 10.2. The molecule has 0 atom stereocenters. The third-order valence-corrected chi connectivity index (χ3v) is 2.81. The van der Waals surface area contributed by atoms with Crippen LogP contribution in [-0.2, 0) is 5.88 Å². The van der Waals surface area contributed by atoms with Crippen molar-refractivity contribution in [2.45, 2.75) is 5.88 Å². The van der Waals surface area contributed by atoms with Gasteiger partial charge in [-0.05, 0) is 24.3 Å². The fraction of sp³-hybridized carbons (Fsp3) is 0.154. The summed E-state index contributed by atoms with van der Waals surface area (Å²) in [6, 6.07) is 10.3. The average molecular weight is 251 g/mol. The predicted molar refractivity (Wildman–Crippen MR) is 68.3 cm³/mol. The number of hydrogen-bond acceptors (Lipinski definition) is 2. The van der Waals surface area contributed by atoms with Gasteiger partial charge in [0.15, 0.2) is 0 Å². The molecule has 1 aromatic heterocycles. The van der Waals surface area contributed by atoms with Gasteiger partial charge in [-0.2, -0.15) is 0 Å². The molecule has 0 spiro atoms. The average Bonchev–Trinajstić information content (AvgIpc) is 2.38. The second kappa shape index (κ2) is 5.15. The molecule has 17 heavy (non-hydrogen) atoms. The Morgan fingerprint density at radius 2 is 2.06 bits per heavy atom. The lowest BCUT2D eigenvalue weighted by molar-refractivity contribution is 0.627. The Hall–Kier alpha value is -1.61. The molecular weight excluding hydrogens is 239 g/mol. The molecule has 0 bridgehead atoms. The zero-order valence-corrected chi connectivity index (χ0v) is 10.2. The van der Waals surface area contributed by atoms with E-state index in [0.29, 0.717) is 11.6 Å². The number of halogens is 2. The SMILES string of the molecule is CN(c1ccnc(CCl)c1)c1ccccc1F. The highest BCUT2D eigenvalue weighted by Crippen LogP contribution is 2.26. The highest BCUT2D eigenvalue weighted by molar-refractivity contribution is 6.16. The molecule has 1 aromatic carbocycles. The van der Waals surface area contributed by atoms with E-state index >= 15 is 0 Å². The Labute approximate surface area is 105 Å². The molecule has 4 heteroatoms. The number of pyridine rings is 1. The molecule has 0 aliphatic rings. The molecular formula is C13H12ClFN2. The Morgan fingerprint density at radius 1 is 1.29 bits per heavy atom. The zero-order chi connectivity index (χ0) is 12.3. The van der Waals surface area contributed by atoms with Crippen LogP contribution in [-0.4, -0.2) is 12.0 Å². The van der Waals surface area contributed by atoms with E-state index in [1.165, 1.54) is 6.07 Å². The standard InChI is InChI=1S/C13H12ClFN2/c1-17(13-5-3-2-4-12(13)15)11-6-7-16-10(8-11)9-14/h2-8H,9H2,1H3. The molecule has 0 fully saturated rings. The molecule has 0 saturated carbocycles. The summed E-state index contributed by atoms with van der Waals surface area (Å²) >= 11 is 5.73. The maximum Gasteiger partial charge on any atom is 0.146 e. The van der Waals surface area contributed by atoms with Gasteiger partial charge in [-0.15, -0.1) is 11.6 Å².